The Morgan fingerprint density at radius 1 is 1.50 bits per heavy atom. The molecule has 0 spiro atoms. The standard InChI is InChI=1S/C10H17NO3/c12-9(13)10(6-11-7-10)5-8-3-1-2-4-14-8/h8,11H,1-7H2,(H,12,13). The zero-order valence-corrected chi connectivity index (χ0v) is 8.29. The number of carboxylic acid groups (broad SMARTS) is 1. The summed E-state index contributed by atoms with van der Waals surface area (Å²) >= 11 is 0. The highest BCUT2D eigenvalue weighted by Gasteiger charge is 2.46. The third kappa shape index (κ3) is 1.77. The molecule has 2 aliphatic rings. The van der Waals surface area contributed by atoms with E-state index in [9.17, 15) is 4.79 Å². The minimum Gasteiger partial charge on any atom is -0.481 e. The molecular formula is C10H17NO3. The minimum atomic E-state index is -0.676. The van der Waals surface area contributed by atoms with Crippen molar-refractivity contribution in [1.82, 2.24) is 5.32 Å². The molecule has 1 atom stereocenters. The number of carbonyl (C=O) groups is 1. The maximum absolute atomic E-state index is 11.1. The third-order valence-corrected chi connectivity index (χ3v) is 3.27. The van der Waals surface area contributed by atoms with Crippen LogP contribution in [0.1, 0.15) is 25.7 Å². The molecule has 0 aromatic rings. The van der Waals surface area contributed by atoms with E-state index in [0.717, 1.165) is 19.4 Å². The Bertz CT molecular complexity index is 219. The van der Waals surface area contributed by atoms with E-state index in [1.807, 2.05) is 0 Å². The Hall–Kier alpha value is -0.610. The van der Waals surface area contributed by atoms with Gasteiger partial charge in [0.15, 0.2) is 0 Å². The summed E-state index contributed by atoms with van der Waals surface area (Å²) in [6.45, 7) is 2.00. The van der Waals surface area contributed by atoms with Crippen LogP contribution in [0.25, 0.3) is 0 Å². The minimum absolute atomic E-state index is 0.168. The molecule has 2 saturated heterocycles. The predicted octanol–water partition coefficient (Wildman–Crippen LogP) is 0.620. The molecule has 2 fully saturated rings. The second-order valence-electron chi connectivity index (χ2n) is 4.38. The SMILES string of the molecule is O=C(O)C1(CC2CCCCO2)CNC1. The zero-order chi connectivity index (χ0) is 10.0. The molecule has 4 nitrogen and oxygen atoms in total. The second-order valence-corrected chi connectivity index (χ2v) is 4.38. The van der Waals surface area contributed by atoms with Crippen molar-refractivity contribution in [3.05, 3.63) is 0 Å². The molecule has 0 bridgehead atoms. The van der Waals surface area contributed by atoms with Gasteiger partial charge >= 0.3 is 5.97 Å². The van der Waals surface area contributed by atoms with Crippen LogP contribution in [0.3, 0.4) is 0 Å². The van der Waals surface area contributed by atoms with Crippen molar-refractivity contribution in [3.8, 4) is 0 Å². The van der Waals surface area contributed by atoms with Crippen LogP contribution in [0.2, 0.25) is 0 Å². The van der Waals surface area contributed by atoms with Crippen molar-refractivity contribution in [1.29, 1.82) is 0 Å². The zero-order valence-electron chi connectivity index (χ0n) is 8.29. The number of hydrogen-bond acceptors (Lipinski definition) is 3. The molecule has 80 valence electrons. The highest BCUT2D eigenvalue weighted by Crippen LogP contribution is 2.32. The van der Waals surface area contributed by atoms with Gasteiger partial charge in [-0.25, -0.2) is 0 Å². The van der Waals surface area contributed by atoms with Crippen molar-refractivity contribution < 1.29 is 14.6 Å². The fourth-order valence-corrected chi connectivity index (χ4v) is 2.21. The van der Waals surface area contributed by atoms with Crippen LogP contribution in [-0.4, -0.2) is 36.9 Å². The predicted molar refractivity (Wildman–Crippen MR) is 51.1 cm³/mol. The summed E-state index contributed by atoms with van der Waals surface area (Å²) in [7, 11) is 0. The maximum atomic E-state index is 11.1. The lowest BCUT2D eigenvalue weighted by Gasteiger charge is -2.41. The highest BCUT2D eigenvalue weighted by atomic mass is 16.5. The molecule has 0 radical (unpaired) electrons. The lowest BCUT2D eigenvalue weighted by molar-refractivity contribution is -0.156. The van der Waals surface area contributed by atoms with Crippen molar-refractivity contribution in [3.63, 3.8) is 0 Å². The van der Waals surface area contributed by atoms with Crippen molar-refractivity contribution in [2.24, 2.45) is 5.41 Å². The molecular weight excluding hydrogens is 182 g/mol. The summed E-state index contributed by atoms with van der Waals surface area (Å²) in [5.74, 6) is -0.676. The topological polar surface area (TPSA) is 58.6 Å². The van der Waals surface area contributed by atoms with E-state index < -0.39 is 11.4 Å². The summed E-state index contributed by atoms with van der Waals surface area (Å²) in [5.41, 5.74) is -0.540. The number of hydrogen-bond donors (Lipinski definition) is 2. The molecule has 0 amide bonds. The van der Waals surface area contributed by atoms with Crippen molar-refractivity contribution >= 4 is 5.97 Å². The van der Waals surface area contributed by atoms with E-state index in [2.05, 4.69) is 5.32 Å². The lowest BCUT2D eigenvalue weighted by Crippen LogP contribution is -2.59. The Morgan fingerprint density at radius 2 is 2.29 bits per heavy atom. The van der Waals surface area contributed by atoms with Gasteiger partial charge in [0.2, 0.25) is 0 Å². The van der Waals surface area contributed by atoms with E-state index in [-0.39, 0.29) is 6.10 Å². The quantitative estimate of drug-likeness (QED) is 0.699. The normalized spacial score (nSPS) is 30.7. The molecule has 2 rings (SSSR count). The fraction of sp³-hybridized carbons (Fsp3) is 0.900. The summed E-state index contributed by atoms with van der Waals surface area (Å²) in [6, 6.07) is 0. The molecule has 2 N–H and O–H groups in total. The Balaban J connectivity index is 1.90. The number of rotatable bonds is 3. The smallest absolute Gasteiger partial charge is 0.312 e. The van der Waals surface area contributed by atoms with Gasteiger partial charge < -0.3 is 15.2 Å². The number of nitrogens with one attached hydrogen (secondary N) is 1. The second kappa shape index (κ2) is 3.87. The van der Waals surface area contributed by atoms with Crippen LogP contribution in [-0.2, 0) is 9.53 Å². The molecule has 2 aliphatic heterocycles. The van der Waals surface area contributed by atoms with Crippen molar-refractivity contribution in [2.45, 2.75) is 31.8 Å². The van der Waals surface area contributed by atoms with Gasteiger partial charge in [0, 0.05) is 19.7 Å². The van der Waals surface area contributed by atoms with Gasteiger partial charge in [-0.15, -0.1) is 0 Å². The van der Waals surface area contributed by atoms with Gasteiger partial charge in [-0.2, -0.15) is 0 Å². The Labute approximate surface area is 83.6 Å². The van der Waals surface area contributed by atoms with Gasteiger partial charge in [-0.05, 0) is 25.7 Å². The number of carboxylic acids is 1. The van der Waals surface area contributed by atoms with Crippen molar-refractivity contribution in [2.75, 3.05) is 19.7 Å². The molecule has 2 heterocycles. The first-order valence-electron chi connectivity index (χ1n) is 5.29. The summed E-state index contributed by atoms with van der Waals surface area (Å²) in [6.07, 6.45) is 4.16. The molecule has 0 aromatic heterocycles. The molecule has 0 aromatic carbocycles. The summed E-state index contributed by atoms with van der Waals surface area (Å²) < 4.78 is 5.57. The van der Waals surface area contributed by atoms with Gasteiger partial charge in [-0.3, -0.25) is 4.79 Å². The Morgan fingerprint density at radius 3 is 2.71 bits per heavy atom. The summed E-state index contributed by atoms with van der Waals surface area (Å²) in [5, 5.41) is 12.2. The van der Waals surface area contributed by atoms with Gasteiger partial charge in [0.1, 0.15) is 0 Å². The monoisotopic (exact) mass is 199 g/mol. The summed E-state index contributed by atoms with van der Waals surface area (Å²) in [4.78, 5) is 11.1. The molecule has 1 unspecified atom stereocenters. The Kier molecular flexibility index (Phi) is 2.74. The first kappa shape index (κ1) is 9.93. The van der Waals surface area contributed by atoms with Crippen LogP contribution in [0.15, 0.2) is 0 Å². The van der Waals surface area contributed by atoms with Crippen LogP contribution in [0, 0.1) is 5.41 Å². The first-order valence-corrected chi connectivity index (χ1v) is 5.29. The van der Waals surface area contributed by atoms with E-state index in [4.69, 9.17) is 9.84 Å². The molecule has 14 heavy (non-hydrogen) atoms. The van der Waals surface area contributed by atoms with Gasteiger partial charge in [-0.1, -0.05) is 0 Å². The molecule has 0 aliphatic carbocycles. The number of ether oxygens (including phenoxy) is 1. The average molecular weight is 199 g/mol. The first-order chi connectivity index (χ1) is 6.73. The van der Waals surface area contributed by atoms with Crippen LogP contribution < -0.4 is 5.32 Å². The van der Waals surface area contributed by atoms with Crippen LogP contribution in [0.4, 0.5) is 0 Å². The molecule has 0 saturated carbocycles. The number of aliphatic carboxylic acids is 1. The highest BCUT2D eigenvalue weighted by molar-refractivity contribution is 5.76. The van der Waals surface area contributed by atoms with E-state index >= 15 is 0 Å². The average Bonchev–Trinajstić information content (AvgIpc) is 2.12. The van der Waals surface area contributed by atoms with E-state index in [1.165, 1.54) is 6.42 Å². The third-order valence-electron chi connectivity index (χ3n) is 3.27. The van der Waals surface area contributed by atoms with E-state index in [1.54, 1.807) is 0 Å². The van der Waals surface area contributed by atoms with Crippen LogP contribution >= 0.6 is 0 Å². The van der Waals surface area contributed by atoms with Gasteiger partial charge in [0.05, 0.1) is 11.5 Å². The largest absolute Gasteiger partial charge is 0.481 e. The van der Waals surface area contributed by atoms with Crippen LogP contribution in [0.5, 0.6) is 0 Å². The maximum Gasteiger partial charge on any atom is 0.312 e. The fourth-order valence-electron chi connectivity index (χ4n) is 2.21. The molecule has 4 heteroatoms. The lowest BCUT2D eigenvalue weighted by atomic mass is 9.76. The van der Waals surface area contributed by atoms with Gasteiger partial charge in [0.25, 0.3) is 0 Å². The van der Waals surface area contributed by atoms with E-state index in [0.29, 0.717) is 19.5 Å².